The third kappa shape index (κ3) is 2.87. The van der Waals surface area contributed by atoms with Gasteiger partial charge in [0.2, 0.25) is 0 Å². The first-order valence-electron chi connectivity index (χ1n) is 6.27. The zero-order valence-corrected chi connectivity index (χ0v) is 13.8. The summed E-state index contributed by atoms with van der Waals surface area (Å²) < 4.78 is 8.30. The fourth-order valence-corrected chi connectivity index (χ4v) is 2.80. The van der Waals surface area contributed by atoms with E-state index in [4.69, 9.17) is 16.3 Å². The molecule has 7 heteroatoms. The standard InChI is InChI=1S/C14H12BrClN4O/c1-8-3-4-11(10(15)5-8)21-7-12-18-13(16)9-6-17-20(2)14(9)19-12/h3-6H,7H2,1-2H3. The molecular formula is C14H12BrClN4O. The highest BCUT2D eigenvalue weighted by Gasteiger charge is 2.11. The van der Waals surface area contributed by atoms with Crippen molar-refractivity contribution in [1.29, 1.82) is 0 Å². The van der Waals surface area contributed by atoms with Crippen molar-refractivity contribution >= 4 is 38.6 Å². The number of rotatable bonds is 3. The number of nitrogens with zero attached hydrogens (tertiary/aromatic N) is 4. The maximum Gasteiger partial charge on any atom is 0.170 e. The average molecular weight is 368 g/mol. The van der Waals surface area contributed by atoms with Gasteiger partial charge >= 0.3 is 0 Å². The summed E-state index contributed by atoms with van der Waals surface area (Å²) in [6, 6.07) is 5.88. The van der Waals surface area contributed by atoms with Crippen molar-refractivity contribution in [3.05, 3.63) is 45.4 Å². The molecule has 0 bridgehead atoms. The normalized spacial score (nSPS) is 11.0. The predicted molar refractivity (Wildman–Crippen MR) is 84.5 cm³/mol. The predicted octanol–water partition coefficient (Wildman–Crippen LogP) is 3.67. The van der Waals surface area contributed by atoms with E-state index in [1.165, 1.54) is 0 Å². The zero-order valence-electron chi connectivity index (χ0n) is 11.5. The largest absolute Gasteiger partial charge is 0.484 e. The number of hydrogen-bond acceptors (Lipinski definition) is 4. The lowest BCUT2D eigenvalue weighted by molar-refractivity contribution is 0.294. The van der Waals surface area contributed by atoms with Crippen LogP contribution in [0.2, 0.25) is 5.15 Å². The van der Waals surface area contributed by atoms with Crippen molar-refractivity contribution < 1.29 is 4.74 Å². The Balaban J connectivity index is 1.86. The Labute approximate surface area is 135 Å². The van der Waals surface area contributed by atoms with Crippen LogP contribution in [0, 0.1) is 6.92 Å². The molecule has 0 unspecified atom stereocenters. The molecule has 0 aliphatic carbocycles. The van der Waals surface area contributed by atoms with Crippen LogP contribution in [-0.4, -0.2) is 19.7 Å². The molecule has 2 heterocycles. The van der Waals surface area contributed by atoms with E-state index in [2.05, 4.69) is 31.0 Å². The molecule has 0 N–H and O–H groups in total. The summed E-state index contributed by atoms with van der Waals surface area (Å²) in [4.78, 5) is 8.66. The van der Waals surface area contributed by atoms with Crippen LogP contribution in [-0.2, 0) is 13.7 Å². The van der Waals surface area contributed by atoms with E-state index in [1.54, 1.807) is 10.9 Å². The molecule has 0 amide bonds. The number of hydrogen-bond donors (Lipinski definition) is 0. The summed E-state index contributed by atoms with van der Waals surface area (Å²) in [6.45, 7) is 2.26. The van der Waals surface area contributed by atoms with Crippen molar-refractivity contribution in [2.45, 2.75) is 13.5 Å². The van der Waals surface area contributed by atoms with Gasteiger partial charge in [-0.15, -0.1) is 0 Å². The Kier molecular flexibility index (Phi) is 3.82. The smallest absolute Gasteiger partial charge is 0.170 e. The SMILES string of the molecule is Cc1ccc(OCc2nc(Cl)c3cnn(C)c3n2)c(Br)c1. The molecular weight excluding hydrogens is 356 g/mol. The minimum atomic E-state index is 0.239. The summed E-state index contributed by atoms with van der Waals surface area (Å²) in [6.07, 6.45) is 1.65. The van der Waals surface area contributed by atoms with Crippen LogP contribution in [0.1, 0.15) is 11.4 Å². The fraction of sp³-hybridized carbons (Fsp3) is 0.214. The molecule has 1 aromatic carbocycles. The zero-order chi connectivity index (χ0) is 15.0. The minimum Gasteiger partial charge on any atom is -0.484 e. The fourth-order valence-electron chi connectivity index (χ4n) is 1.96. The number of aromatic nitrogens is 4. The maximum atomic E-state index is 6.14. The number of fused-ring (bicyclic) bond motifs is 1. The highest BCUT2D eigenvalue weighted by Crippen LogP contribution is 2.26. The van der Waals surface area contributed by atoms with E-state index in [0.29, 0.717) is 16.6 Å². The number of halogens is 2. The summed E-state index contributed by atoms with van der Waals surface area (Å²) in [5, 5.41) is 5.24. The van der Waals surface area contributed by atoms with Crippen molar-refractivity contribution in [3.63, 3.8) is 0 Å². The average Bonchev–Trinajstić information content (AvgIpc) is 2.80. The lowest BCUT2D eigenvalue weighted by Gasteiger charge is -2.08. The quantitative estimate of drug-likeness (QED) is 0.663. The van der Waals surface area contributed by atoms with Gasteiger partial charge in [0.15, 0.2) is 11.5 Å². The van der Waals surface area contributed by atoms with Gasteiger partial charge in [0.25, 0.3) is 0 Å². The van der Waals surface area contributed by atoms with Crippen molar-refractivity contribution in [2.75, 3.05) is 0 Å². The van der Waals surface area contributed by atoms with Gasteiger partial charge < -0.3 is 4.74 Å². The number of benzene rings is 1. The van der Waals surface area contributed by atoms with Crippen LogP contribution in [0.15, 0.2) is 28.9 Å². The van der Waals surface area contributed by atoms with E-state index in [9.17, 15) is 0 Å². The van der Waals surface area contributed by atoms with Crippen LogP contribution in [0.25, 0.3) is 11.0 Å². The molecule has 0 atom stereocenters. The molecule has 0 fully saturated rings. The molecule has 5 nitrogen and oxygen atoms in total. The van der Waals surface area contributed by atoms with E-state index in [1.807, 2.05) is 32.2 Å². The molecule has 0 aliphatic heterocycles. The van der Waals surface area contributed by atoms with Crippen LogP contribution < -0.4 is 4.74 Å². The van der Waals surface area contributed by atoms with Crippen LogP contribution >= 0.6 is 27.5 Å². The summed E-state index contributed by atoms with van der Waals surface area (Å²) in [7, 11) is 1.81. The van der Waals surface area contributed by atoms with Gasteiger partial charge in [0.1, 0.15) is 17.5 Å². The molecule has 3 aromatic rings. The molecule has 2 aromatic heterocycles. The van der Waals surface area contributed by atoms with Crippen LogP contribution in [0.4, 0.5) is 0 Å². The first kappa shape index (κ1) is 14.3. The molecule has 0 saturated carbocycles. The van der Waals surface area contributed by atoms with Gasteiger partial charge in [-0.1, -0.05) is 17.7 Å². The minimum absolute atomic E-state index is 0.239. The third-order valence-electron chi connectivity index (χ3n) is 3.04. The highest BCUT2D eigenvalue weighted by molar-refractivity contribution is 9.10. The maximum absolute atomic E-state index is 6.14. The molecule has 108 valence electrons. The lowest BCUT2D eigenvalue weighted by atomic mass is 10.2. The topological polar surface area (TPSA) is 52.8 Å². The van der Waals surface area contributed by atoms with E-state index < -0.39 is 0 Å². The van der Waals surface area contributed by atoms with Gasteiger partial charge in [-0.05, 0) is 40.5 Å². The second-order valence-corrected chi connectivity index (χ2v) is 5.87. The van der Waals surface area contributed by atoms with E-state index in [0.717, 1.165) is 21.2 Å². The first-order valence-corrected chi connectivity index (χ1v) is 7.45. The van der Waals surface area contributed by atoms with Gasteiger partial charge in [-0.25, -0.2) is 9.97 Å². The molecule has 0 radical (unpaired) electrons. The van der Waals surface area contributed by atoms with Gasteiger partial charge in [-0.3, -0.25) is 4.68 Å². The summed E-state index contributed by atoms with van der Waals surface area (Å²) >= 11 is 9.61. The van der Waals surface area contributed by atoms with Gasteiger partial charge in [-0.2, -0.15) is 5.10 Å². The van der Waals surface area contributed by atoms with E-state index >= 15 is 0 Å². The Bertz CT molecular complexity index is 818. The Morgan fingerprint density at radius 2 is 2.14 bits per heavy atom. The lowest BCUT2D eigenvalue weighted by Crippen LogP contribution is -2.04. The highest BCUT2D eigenvalue weighted by atomic mass is 79.9. The second-order valence-electron chi connectivity index (χ2n) is 4.66. The van der Waals surface area contributed by atoms with Crippen molar-refractivity contribution in [1.82, 2.24) is 19.7 Å². The summed E-state index contributed by atoms with van der Waals surface area (Å²) in [5.74, 6) is 1.26. The monoisotopic (exact) mass is 366 g/mol. The second kappa shape index (κ2) is 5.61. The van der Waals surface area contributed by atoms with Crippen LogP contribution in [0.3, 0.4) is 0 Å². The first-order chi connectivity index (χ1) is 10.0. The molecule has 21 heavy (non-hydrogen) atoms. The molecule has 3 rings (SSSR count). The summed E-state index contributed by atoms with van der Waals surface area (Å²) in [5.41, 5.74) is 1.85. The van der Waals surface area contributed by atoms with Crippen LogP contribution in [0.5, 0.6) is 5.75 Å². The van der Waals surface area contributed by atoms with Crippen molar-refractivity contribution in [3.8, 4) is 5.75 Å². The molecule has 0 spiro atoms. The third-order valence-corrected chi connectivity index (χ3v) is 3.94. The number of aryl methyl sites for hydroxylation is 2. The molecule has 0 saturated heterocycles. The Morgan fingerprint density at radius 1 is 1.33 bits per heavy atom. The van der Waals surface area contributed by atoms with Gasteiger partial charge in [0, 0.05) is 7.05 Å². The molecule has 0 aliphatic rings. The van der Waals surface area contributed by atoms with Gasteiger partial charge in [0.05, 0.1) is 16.1 Å². The van der Waals surface area contributed by atoms with Crippen molar-refractivity contribution in [2.24, 2.45) is 7.05 Å². The number of ether oxygens (including phenoxy) is 1. The van der Waals surface area contributed by atoms with E-state index in [-0.39, 0.29) is 6.61 Å². The Morgan fingerprint density at radius 3 is 2.90 bits per heavy atom. The Hall–Kier alpha value is -1.66.